The maximum atomic E-state index is 5.69. The van der Waals surface area contributed by atoms with E-state index in [9.17, 15) is 0 Å². The summed E-state index contributed by atoms with van der Waals surface area (Å²) in [6.07, 6.45) is 4.61. The minimum absolute atomic E-state index is 0. The van der Waals surface area contributed by atoms with Crippen molar-refractivity contribution in [2.45, 2.75) is 38.6 Å². The second-order valence-corrected chi connectivity index (χ2v) is 4.93. The maximum Gasteiger partial charge on any atom is 0.180 e. The minimum atomic E-state index is 0. The Morgan fingerprint density at radius 3 is 3.13 bits per heavy atom. The average molecular weight is 292 g/mol. The van der Waals surface area contributed by atoms with Crippen LogP contribution >= 0.6 is 28.3 Å². The van der Waals surface area contributed by atoms with Crippen LogP contribution in [0.25, 0.3) is 0 Å². The van der Waals surface area contributed by atoms with Crippen LogP contribution in [0.3, 0.4) is 0 Å². The van der Waals surface area contributed by atoms with Crippen molar-refractivity contribution in [3.8, 4) is 0 Å². The zero-order chi connectivity index (χ0) is 9.97. The molecule has 3 N–H and O–H groups in total. The molecule has 1 aliphatic rings. The highest BCUT2D eigenvalue weighted by atomic mass is 79.9. The van der Waals surface area contributed by atoms with Crippen LogP contribution in [-0.4, -0.2) is 17.6 Å². The van der Waals surface area contributed by atoms with Gasteiger partial charge in [0.15, 0.2) is 5.13 Å². The molecule has 0 unspecified atom stereocenters. The van der Waals surface area contributed by atoms with Gasteiger partial charge in [-0.1, -0.05) is 6.92 Å². The molecule has 0 radical (unpaired) electrons. The van der Waals surface area contributed by atoms with Gasteiger partial charge in [-0.3, -0.25) is 0 Å². The third kappa shape index (κ3) is 3.16. The Kier molecular flexibility index (Phi) is 5.02. The van der Waals surface area contributed by atoms with Crippen molar-refractivity contribution in [1.82, 2.24) is 10.3 Å². The highest BCUT2D eigenvalue weighted by Gasteiger charge is 2.21. The first kappa shape index (κ1) is 12.9. The summed E-state index contributed by atoms with van der Waals surface area (Å²) in [5.41, 5.74) is 6.93. The van der Waals surface area contributed by atoms with E-state index in [0.29, 0.717) is 6.04 Å². The molecule has 86 valence electrons. The van der Waals surface area contributed by atoms with E-state index in [4.69, 9.17) is 5.73 Å². The Bertz CT molecular complexity index is 314. The monoisotopic (exact) mass is 291 g/mol. The lowest BCUT2D eigenvalue weighted by atomic mass is 9.98. The largest absolute Gasteiger partial charge is 0.375 e. The van der Waals surface area contributed by atoms with E-state index in [1.165, 1.54) is 23.4 Å². The number of anilines is 1. The van der Waals surface area contributed by atoms with Gasteiger partial charge in [0.2, 0.25) is 0 Å². The van der Waals surface area contributed by atoms with Crippen LogP contribution in [0.1, 0.15) is 30.3 Å². The van der Waals surface area contributed by atoms with E-state index in [0.717, 1.165) is 24.5 Å². The molecule has 2 rings (SSSR count). The molecule has 1 atom stereocenters. The lowest BCUT2D eigenvalue weighted by molar-refractivity contribution is 0.460. The number of nitrogens with one attached hydrogen (secondary N) is 1. The van der Waals surface area contributed by atoms with E-state index >= 15 is 0 Å². The van der Waals surface area contributed by atoms with E-state index in [1.807, 2.05) is 0 Å². The predicted molar refractivity (Wildman–Crippen MR) is 71.0 cm³/mol. The van der Waals surface area contributed by atoms with Gasteiger partial charge in [-0.25, -0.2) is 4.98 Å². The molecule has 0 aromatic carbocycles. The van der Waals surface area contributed by atoms with Crippen LogP contribution in [0.15, 0.2) is 0 Å². The van der Waals surface area contributed by atoms with Gasteiger partial charge >= 0.3 is 0 Å². The van der Waals surface area contributed by atoms with E-state index in [2.05, 4.69) is 17.2 Å². The first-order valence-corrected chi connectivity index (χ1v) is 6.08. The molecule has 5 heteroatoms. The number of nitrogens with zero attached hydrogens (tertiary/aromatic N) is 1. The third-order valence-electron chi connectivity index (χ3n) is 2.64. The molecule has 0 aliphatic heterocycles. The molecule has 3 nitrogen and oxygen atoms in total. The fourth-order valence-electron chi connectivity index (χ4n) is 1.92. The first-order valence-electron chi connectivity index (χ1n) is 5.27. The average Bonchev–Trinajstić information content (AvgIpc) is 2.54. The van der Waals surface area contributed by atoms with Gasteiger partial charge < -0.3 is 11.1 Å². The molecule has 0 bridgehead atoms. The zero-order valence-corrected chi connectivity index (χ0v) is 11.5. The zero-order valence-electron chi connectivity index (χ0n) is 8.95. The summed E-state index contributed by atoms with van der Waals surface area (Å²) < 4.78 is 0. The third-order valence-corrected chi connectivity index (χ3v) is 3.59. The number of fused-ring (bicyclic) bond motifs is 1. The normalized spacial score (nSPS) is 19.4. The lowest BCUT2D eigenvalue weighted by Gasteiger charge is -2.21. The molecule has 1 aromatic rings. The standard InChI is InChI=1S/C10H17N3S.BrH/c1-2-5-12-7-3-4-8-9(6-7)14-10(11)13-8;/h7,12H,2-6H2,1H3,(H2,11,13);1H/t7-;/m1./s1. The van der Waals surface area contributed by atoms with Crippen molar-refractivity contribution in [3.63, 3.8) is 0 Å². The molecule has 1 aliphatic carbocycles. The quantitative estimate of drug-likeness (QED) is 0.897. The van der Waals surface area contributed by atoms with E-state index in [-0.39, 0.29) is 17.0 Å². The van der Waals surface area contributed by atoms with Crippen molar-refractivity contribution >= 4 is 33.4 Å². The SMILES string of the molecule is Br.CCCN[C@@H]1CCc2nc(N)sc2C1. The smallest absolute Gasteiger partial charge is 0.180 e. The molecular formula is C10H18BrN3S. The van der Waals surface area contributed by atoms with Gasteiger partial charge in [0.1, 0.15) is 0 Å². The summed E-state index contributed by atoms with van der Waals surface area (Å²) in [6, 6.07) is 0.641. The number of nitrogen functional groups attached to an aromatic ring is 1. The Labute approximate surface area is 105 Å². The number of aryl methyl sites for hydroxylation is 1. The van der Waals surface area contributed by atoms with Crippen LogP contribution in [0.5, 0.6) is 0 Å². The summed E-state index contributed by atoms with van der Waals surface area (Å²) in [6.45, 7) is 3.32. The van der Waals surface area contributed by atoms with Gasteiger partial charge in [-0.2, -0.15) is 0 Å². The predicted octanol–water partition coefficient (Wildman–Crippen LogP) is 2.16. The number of hydrogen-bond acceptors (Lipinski definition) is 4. The van der Waals surface area contributed by atoms with Crippen molar-refractivity contribution < 1.29 is 0 Å². The highest BCUT2D eigenvalue weighted by molar-refractivity contribution is 8.93. The number of hydrogen-bond donors (Lipinski definition) is 2. The maximum absolute atomic E-state index is 5.69. The van der Waals surface area contributed by atoms with E-state index < -0.39 is 0 Å². The van der Waals surface area contributed by atoms with Crippen LogP contribution in [0.2, 0.25) is 0 Å². The summed E-state index contributed by atoms with van der Waals surface area (Å²) in [4.78, 5) is 5.73. The summed E-state index contributed by atoms with van der Waals surface area (Å²) in [7, 11) is 0. The highest BCUT2D eigenvalue weighted by Crippen LogP contribution is 2.27. The number of halogens is 1. The number of thiazole rings is 1. The molecule has 1 aromatic heterocycles. The molecule has 0 saturated heterocycles. The summed E-state index contributed by atoms with van der Waals surface area (Å²) in [5, 5.41) is 4.29. The van der Waals surface area contributed by atoms with E-state index in [1.54, 1.807) is 11.3 Å². The van der Waals surface area contributed by atoms with Crippen molar-refractivity contribution in [2.75, 3.05) is 12.3 Å². The molecule has 15 heavy (non-hydrogen) atoms. The van der Waals surface area contributed by atoms with Gasteiger partial charge in [0.05, 0.1) is 5.69 Å². The Morgan fingerprint density at radius 1 is 1.60 bits per heavy atom. The topological polar surface area (TPSA) is 50.9 Å². The Hall–Kier alpha value is -0.130. The molecule has 0 amide bonds. The van der Waals surface area contributed by atoms with Crippen molar-refractivity contribution in [2.24, 2.45) is 0 Å². The van der Waals surface area contributed by atoms with Gasteiger partial charge in [-0.05, 0) is 32.2 Å². The first-order chi connectivity index (χ1) is 6.79. The Balaban J connectivity index is 0.00000112. The van der Waals surface area contributed by atoms with Crippen LogP contribution < -0.4 is 11.1 Å². The number of nitrogens with two attached hydrogens (primary N) is 1. The van der Waals surface area contributed by atoms with Crippen LogP contribution in [0.4, 0.5) is 5.13 Å². The molecule has 0 spiro atoms. The number of aromatic nitrogens is 1. The van der Waals surface area contributed by atoms with Crippen LogP contribution in [-0.2, 0) is 12.8 Å². The van der Waals surface area contributed by atoms with Gasteiger partial charge in [-0.15, -0.1) is 28.3 Å². The van der Waals surface area contributed by atoms with Crippen LogP contribution in [0, 0.1) is 0 Å². The fourth-order valence-corrected chi connectivity index (χ4v) is 2.88. The van der Waals surface area contributed by atoms with Crippen molar-refractivity contribution in [3.05, 3.63) is 10.6 Å². The molecule has 0 fully saturated rings. The van der Waals surface area contributed by atoms with Gasteiger partial charge in [0, 0.05) is 10.9 Å². The number of rotatable bonds is 3. The second-order valence-electron chi connectivity index (χ2n) is 3.82. The minimum Gasteiger partial charge on any atom is -0.375 e. The van der Waals surface area contributed by atoms with Crippen molar-refractivity contribution in [1.29, 1.82) is 0 Å². The second kappa shape index (κ2) is 5.82. The van der Waals surface area contributed by atoms with Gasteiger partial charge in [0.25, 0.3) is 0 Å². The molecular weight excluding hydrogens is 274 g/mol. The fraction of sp³-hybridized carbons (Fsp3) is 0.700. The lowest BCUT2D eigenvalue weighted by Crippen LogP contribution is -2.34. The summed E-state index contributed by atoms with van der Waals surface area (Å²) in [5.74, 6) is 0. The summed E-state index contributed by atoms with van der Waals surface area (Å²) >= 11 is 1.65. The molecule has 1 heterocycles. The molecule has 0 saturated carbocycles. The Morgan fingerprint density at radius 2 is 2.40 bits per heavy atom.